The van der Waals surface area contributed by atoms with Crippen LogP contribution in [-0.4, -0.2) is 30.7 Å². The van der Waals surface area contributed by atoms with Crippen LogP contribution in [0.25, 0.3) is 0 Å². The van der Waals surface area contributed by atoms with Gasteiger partial charge in [-0.1, -0.05) is 6.92 Å². The molecule has 0 saturated heterocycles. The minimum absolute atomic E-state index is 0.0315. The third kappa shape index (κ3) is 3.63. The number of methoxy groups -OCH3 is 1. The summed E-state index contributed by atoms with van der Waals surface area (Å²) in [6.45, 7) is 2.50. The van der Waals surface area contributed by atoms with E-state index in [0.29, 0.717) is 12.3 Å². The van der Waals surface area contributed by atoms with E-state index in [4.69, 9.17) is 10.5 Å². The molecule has 5 heteroatoms. The van der Waals surface area contributed by atoms with Crippen molar-refractivity contribution < 1.29 is 14.6 Å². The molecule has 0 heterocycles. The molecular weight excluding hydrogens is 232 g/mol. The lowest BCUT2D eigenvalue weighted by Gasteiger charge is -2.16. The van der Waals surface area contributed by atoms with Crippen LogP contribution >= 0.6 is 0 Å². The number of nitrogens with two attached hydrogens (primary N) is 1. The van der Waals surface area contributed by atoms with E-state index in [9.17, 15) is 9.90 Å². The van der Waals surface area contributed by atoms with Gasteiger partial charge >= 0.3 is 0 Å². The van der Waals surface area contributed by atoms with Gasteiger partial charge in [-0.25, -0.2) is 0 Å². The highest BCUT2D eigenvalue weighted by Crippen LogP contribution is 2.23. The summed E-state index contributed by atoms with van der Waals surface area (Å²) >= 11 is 0. The molecular formula is C13H20N2O3. The molecule has 0 radical (unpaired) electrons. The second kappa shape index (κ2) is 6.86. The molecule has 1 aromatic carbocycles. The summed E-state index contributed by atoms with van der Waals surface area (Å²) in [7, 11) is 1.50. The molecule has 0 bridgehead atoms. The molecule has 18 heavy (non-hydrogen) atoms. The Morgan fingerprint density at radius 3 is 2.78 bits per heavy atom. The number of phenols is 1. The molecule has 0 saturated carbocycles. The SMILES string of the molecule is CCC(CCN)NC(=O)c1ccc(OC)cc1O. The summed E-state index contributed by atoms with van der Waals surface area (Å²) in [6.07, 6.45) is 1.53. The molecule has 100 valence electrons. The van der Waals surface area contributed by atoms with E-state index in [0.717, 1.165) is 12.8 Å². The van der Waals surface area contributed by atoms with Crippen LogP contribution in [0.1, 0.15) is 30.1 Å². The van der Waals surface area contributed by atoms with Gasteiger partial charge in [0.1, 0.15) is 11.5 Å². The molecule has 4 N–H and O–H groups in total. The first kappa shape index (κ1) is 14.3. The number of rotatable bonds is 6. The number of carbonyl (C=O) groups is 1. The van der Waals surface area contributed by atoms with Gasteiger partial charge in [0.15, 0.2) is 0 Å². The lowest BCUT2D eigenvalue weighted by atomic mass is 10.1. The Morgan fingerprint density at radius 1 is 1.56 bits per heavy atom. The lowest BCUT2D eigenvalue weighted by molar-refractivity contribution is 0.0931. The van der Waals surface area contributed by atoms with Crippen LogP contribution in [0.5, 0.6) is 11.5 Å². The number of hydrogen-bond donors (Lipinski definition) is 3. The number of hydrogen-bond acceptors (Lipinski definition) is 4. The Hall–Kier alpha value is -1.75. The zero-order valence-corrected chi connectivity index (χ0v) is 10.8. The van der Waals surface area contributed by atoms with Crippen LogP contribution in [-0.2, 0) is 0 Å². The maximum atomic E-state index is 12.0. The fourth-order valence-corrected chi connectivity index (χ4v) is 1.67. The van der Waals surface area contributed by atoms with Gasteiger partial charge in [0.05, 0.1) is 12.7 Å². The topological polar surface area (TPSA) is 84.6 Å². The molecule has 1 atom stereocenters. The van der Waals surface area contributed by atoms with Gasteiger partial charge < -0.3 is 20.9 Å². The monoisotopic (exact) mass is 252 g/mol. The molecule has 5 nitrogen and oxygen atoms in total. The zero-order valence-electron chi connectivity index (χ0n) is 10.8. The van der Waals surface area contributed by atoms with Crippen molar-refractivity contribution in [3.05, 3.63) is 23.8 Å². The molecule has 0 spiro atoms. The van der Waals surface area contributed by atoms with Gasteiger partial charge in [-0.2, -0.15) is 0 Å². The van der Waals surface area contributed by atoms with Crippen molar-refractivity contribution in [2.24, 2.45) is 5.73 Å². The van der Waals surface area contributed by atoms with E-state index in [2.05, 4.69) is 5.32 Å². The first-order valence-electron chi connectivity index (χ1n) is 6.00. The number of phenolic OH excluding ortho intramolecular Hbond substituents is 1. The number of aromatic hydroxyl groups is 1. The van der Waals surface area contributed by atoms with E-state index in [1.807, 2.05) is 6.92 Å². The quantitative estimate of drug-likeness (QED) is 0.711. The van der Waals surface area contributed by atoms with Crippen molar-refractivity contribution in [3.63, 3.8) is 0 Å². The Balaban J connectivity index is 2.77. The van der Waals surface area contributed by atoms with E-state index in [-0.39, 0.29) is 23.3 Å². The second-order valence-electron chi connectivity index (χ2n) is 4.04. The standard InChI is InChI=1S/C13H20N2O3/c1-3-9(6-7-14)15-13(17)11-5-4-10(18-2)8-12(11)16/h4-5,8-9,16H,3,6-7,14H2,1-2H3,(H,15,17). The number of nitrogens with one attached hydrogen (secondary N) is 1. The van der Waals surface area contributed by atoms with E-state index in [1.54, 1.807) is 12.1 Å². The average Bonchev–Trinajstić information content (AvgIpc) is 2.37. The van der Waals surface area contributed by atoms with Gasteiger partial charge in [-0.05, 0) is 31.5 Å². The minimum atomic E-state index is -0.296. The van der Waals surface area contributed by atoms with Crippen molar-refractivity contribution in [2.45, 2.75) is 25.8 Å². The van der Waals surface area contributed by atoms with E-state index < -0.39 is 0 Å². The molecule has 1 unspecified atom stereocenters. The highest BCUT2D eigenvalue weighted by atomic mass is 16.5. The van der Waals surface area contributed by atoms with Crippen molar-refractivity contribution in [1.82, 2.24) is 5.32 Å². The Labute approximate surface area is 107 Å². The van der Waals surface area contributed by atoms with Gasteiger partial charge in [-0.3, -0.25) is 4.79 Å². The largest absolute Gasteiger partial charge is 0.507 e. The van der Waals surface area contributed by atoms with Gasteiger partial charge in [0.2, 0.25) is 0 Å². The predicted molar refractivity (Wildman–Crippen MR) is 69.9 cm³/mol. The van der Waals surface area contributed by atoms with Crippen LogP contribution in [0, 0.1) is 0 Å². The maximum Gasteiger partial charge on any atom is 0.255 e. The van der Waals surface area contributed by atoms with Gasteiger partial charge in [0.25, 0.3) is 5.91 Å². The summed E-state index contributed by atoms with van der Waals surface area (Å²) in [5.74, 6) is 0.128. The highest BCUT2D eigenvalue weighted by Gasteiger charge is 2.15. The molecule has 1 aromatic rings. The first-order valence-corrected chi connectivity index (χ1v) is 6.00. The Bertz CT molecular complexity index is 407. The van der Waals surface area contributed by atoms with Gasteiger partial charge in [0, 0.05) is 12.1 Å². The summed E-state index contributed by atoms with van der Waals surface area (Å²) in [5.41, 5.74) is 5.71. The summed E-state index contributed by atoms with van der Waals surface area (Å²) in [6, 6.07) is 4.62. The van der Waals surface area contributed by atoms with Crippen LogP contribution in [0.2, 0.25) is 0 Å². The zero-order chi connectivity index (χ0) is 13.5. The summed E-state index contributed by atoms with van der Waals surface area (Å²) in [5, 5.41) is 12.6. The summed E-state index contributed by atoms with van der Waals surface area (Å²) < 4.78 is 4.96. The van der Waals surface area contributed by atoms with Crippen LogP contribution < -0.4 is 15.8 Å². The Morgan fingerprint density at radius 2 is 2.28 bits per heavy atom. The minimum Gasteiger partial charge on any atom is -0.507 e. The molecule has 0 fully saturated rings. The fraction of sp³-hybridized carbons (Fsp3) is 0.462. The average molecular weight is 252 g/mol. The van der Waals surface area contributed by atoms with Crippen LogP contribution in [0.4, 0.5) is 0 Å². The van der Waals surface area contributed by atoms with E-state index in [1.165, 1.54) is 13.2 Å². The maximum absolute atomic E-state index is 12.0. The van der Waals surface area contributed by atoms with Crippen LogP contribution in [0.15, 0.2) is 18.2 Å². The van der Waals surface area contributed by atoms with Crippen molar-refractivity contribution in [2.75, 3.05) is 13.7 Å². The summed E-state index contributed by atoms with van der Waals surface area (Å²) in [4.78, 5) is 12.0. The van der Waals surface area contributed by atoms with Gasteiger partial charge in [-0.15, -0.1) is 0 Å². The molecule has 1 amide bonds. The third-order valence-electron chi connectivity index (χ3n) is 2.79. The number of benzene rings is 1. The van der Waals surface area contributed by atoms with Crippen LogP contribution in [0.3, 0.4) is 0 Å². The normalized spacial score (nSPS) is 11.9. The number of ether oxygens (including phenoxy) is 1. The second-order valence-corrected chi connectivity index (χ2v) is 4.04. The lowest BCUT2D eigenvalue weighted by Crippen LogP contribution is -2.35. The molecule has 0 aliphatic heterocycles. The predicted octanol–water partition coefficient (Wildman–Crippen LogP) is 1.26. The molecule has 0 aliphatic carbocycles. The smallest absolute Gasteiger partial charge is 0.255 e. The van der Waals surface area contributed by atoms with Crippen molar-refractivity contribution in [3.8, 4) is 11.5 Å². The number of amides is 1. The third-order valence-corrected chi connectivity index (χ3v) is 2.79. The fourth-order valence-electron chi connectivity index (χ4n) is 1.67. The highest BCUT2D eigenvalue weighted by molar-refractivity contribution is 5.97. The van der Waals surface area contributed by atoms with Crippen molar-refractivity contribution >= 4 is 5.91 Å². The Kier molecular flexibility index (Phi) is 5.45. The van der Waals surface area contributed by atoms with E-state index >= 15 is 0 Å². The molecule has 1 rings (SSSR count). The number of carbonyl (C=O) groups excluding carboxylic acids is 1. The molecule has 0 aliphatic rings. The molecule has 0 aromatic heterocycles. The first-order chi connectivity index (χ1) is 8.62. The van der Waals surface area contributed by atoms with Crippen molar-refractivity contribution in [1.29, 1.82) is 0 Å².